The summed E-state index contributed by atoms with van der Waals surface area (Å²) in [5.74, 6) is 7.33. The first-order chi connectivity index (χ1) is 32.7. The van der Waals surface area contributed by atoms with Gasteiger partial charge in [0.1, 0.15) is 5.82 Å². The standard InChI is InChI=1S/C41H32FN2S.C18H24GeN.Ir/c1-24(2)34-21-28(26-11-6-5-7-12-26)22-35(25(3)4)38(34)44-39-30-14-9-8-13-27(30)17-20-36(39)43-41(44)33-16-10-15-32-31-19-18-29(42)23-37(31)45-40(32)33;1-13(2)16-11-18(15-9-7-14(3)8-10-15)20-12-17(16)19(4,5)6;/h5-15,17-25H,1-4H3;7-9,11-13H,1-6H3;/q2*-1;/i;3D3,13D;. The summed E-state index contributed by atoms with van der Waals surface area (Å²) in [5, 5.41) is 4.49. The maximum atomic E-state index is 14.3. The van der Waals surface area contributed by atoms with Crippen molar-refractivity contribution in [2.24, 2.45) is 0 Å². The largest absolute Gasteiger partial charge is 0 e. The molecule has 0 saturated carbocycles. The predicted octanol–water partition coefficient (Wildman–Crippen LogP) is 16.6. The van der Waals surface area contributed by atoms with Gasteiger partial charge >= 0.3 is 131 Å². The Kier molecular flexibility index (Phi) is 12.2. The molecule has 3 nitrogen and oxygen atoms in total. The van der Waals surface area contributed by atoms with Crippen molar-refractivity contribution in [3.05, 3.63) is 180 Å². The summed E-state index contributed by atoms with van der Waals surface area (Å²) in [4.78, 5) is 9.97. The molecule has 0 fully saturated rings. The van der Waals surface area contributed by atoms with Crippen LogP contribution in [0.25, 0.3) is 81.4 Å². The maximum Gasteiger partial charge on any atom is 0 e. The SMILES string of the molecule is CC(C)c1cc(-c2ccccc2)cc(C(C)C)c1-n1c(-c2[c-]ccc3c2sc2cc(F)ccc23)nc2ccc3ccccc3c21.[2H]C([2H])([2H])c1c[c-]c(-c2cc(C([2H])(C)C)[c]([Ge]([CH3])([CH3])[CH3])cn2)cc1.[Ir]. The molecule has 7 aromatic carbocycles. The van der Waals surface area contributed by atoms with Crippen molar-refractivity contribution < 1.29 is 30.0 Å². The van der Waals surface area contributed by atoms with Gasteiger partial charge in [-0.25, -0.2) is 4.39 Å². The van der Waals surface area contributed by atoms with E-state index in [1.807, 2.05) is 38.2 Å². The number of aromatic nitrogens is 3. The minimum Gasteiger partial charge on any atom is 0 e. The van der Waals surface area contributed by atoms with Crippen LogP contribution in [0, 0.1) is 24.8 Å². The van der Waals surface area contributed by atoms with Crippen molar-refractivity contribution in [2.45, 2.75) is 83.4 Å². The molecular formula is C59H56FGeIrN3S-2. The van der Waals surface area contributed by atoms with Crippen molar-refractivity contribution in [1.82, 2.24) is 14.5 Å². The zero-order valence-electron chi connectivity index (χ0n) is 42.9. The maximum absolute atomic E-state index is 14.3. The van der Waals surface area contributed by atoms with E-state index in [4.69, 9.17) is 10.5 Å². The number of aryl methyl sites for hydroxylation is 1. The first-order valence-corrected chi connectivity index (χ1v) is 30.5. The average Bonchev–Trinajstić information content (AvgIpc) is 3.89. The van der Waals surface area contributed by atoms with Gasteiger partial charge in [-0.2, -0.15) is 11.3 Å². The van der Waals surface area contributed by atoms with Gasteiger partial charge in [0.15, 0.2) is 0 Å². The van der Waals surface area contributed by atoms with E-state index in [1.54, 1.807) is 35.6 Å². The minimum absolute atomic E-state index is 0. The molecule has 7 heteroatoms. The van der Waals surface area contributed by atoms with E-state index in [9.17, 15) is 4.39 Å². The second kappa shape index (κ2) is 19.2. The summed E-state index contributed by atoms with van der Waals surface area (Å²) < 4.78 is 50.8. The number of imidazole rings is 1. The summed E-state index contributed by atoms with van der Waals surface area (Å²) in [5.41, 5.74) is 11.9. The van der Waals surface area contributed by atoms with Crippen LogP contribution >= 0.6 is 11.3 Å². The van der Waals surface area contributed by atoms with E-state index in [0.29, 0.717) is 0 Å². The smallest absolute Gasteiger partial charge is 0 e. The first kappa shape index (κ1) is 42.1. The summed E-state index contributed by atoms with van der Waals surface area (Å²) in [6, 6.07) is 50.9. The Morgan fingerprint density at radius 1 is 0.727 bits per heavy atom. The van der Waals surface area contributed by atoms with Gasteiger partial charge in [0, 0.05) is 35.9 Å². The third-order valence-electron chi connectivity index (χ3n) is 12.2. The molecule has 0 N–H and O–H groups in total. The normalized spacial score (nSPS) is 13.1. The molecule has 3 heterocycles. The Balaban J connectivity index is 0.000000224. The first-order valence-electron chi connectivity index (χ1n) is 24.4. The van der Waals surface area contributed by atoms with Crippen LogP contribution in [0.1, 0.15) is 87.0 Å². The molecule has 335 valence electrons. The van der Waals surface area contributed by atoms with Gasteiger partial charge in [0.2, 0.25) is 0 Å². The van der Waals surface area contributed by atoms with Crippen molar-refractivity contribution >= 4 is 71.0 Å². The van der Waals surface area contributed by atoms with E-state index in [2.05, 4.69) is 152 Å². The topological polar surface area (TPSA) is 30.7 Å². The van der Waals surface area contributed by atoms with Crippen LogP contribution in [-0.2, 0) is 20.1 Å². The number of nitrogens with zero attached hydrogens (tertiary/aromatic N) is 3. The van der Waals surface area contributed by atoms with Crippen LogP contribution in [0.5, 0.6) is 0 Å². The van der Waals surface area contributed by atoms with E-state index < -0.39 is 26.0 Å². The number of benzene rings is 7. The number of pyridine rings is 1. The fraction of sp³-hybridized carbons (Fsp3) is 0.220. The summed E-state index contributed by atoms with van der Waals surface area (Å²) >= 11 is -0.530. The van der Waals surface area contributed by atoms with Gasteiger partial charge in [-0.15, -0.1) is 18.2 Å². The van der Waals surface area contributed by atoms with Crippen LogP contribution in [0.2, 0.25) is 17.3 Å². The van der Waals surface area contributed by atoms with Crippen LogP contribution < -0.4 is 4.40 Å². The van der Waals surface area contributed by atoms with Gasteiger partial charge < -0.3 is 4.57 Å². The Bertz CT molecular complexity index is 3500. The molecular weight excluding hydrogens is 1070 g/mol. The summed E-state index contributed by atoms with van der Waals surface area (Å²) in [6.07, 6.45) is 1.91. The molecule has 0 atom stereocenters. The van der Waals surface area contributed by atoms with Crippen LogP contribution in [0.4, 0.5) is 4.39 Å². The number of hydrogen-bond donors (Lipinski definition) is 0. The molecule has 3 aromatic heterocycles. The van der Waals surface area contributed by atoms with E-state index in [-0.39, 0.29) is 43.3 Å². The number of fused-ring (bicyclic) bond motifs is 6. The number of hydrogen-bond acceptors (Lipinski definition) is 3. The third-order valence-corrected chi connectivity index (χ3v) is 17.7. The molecule has 0 aliphatic rings. The van der Waals surface area contributed by atoms with Crippen LogP contribution in [-0.4, -0.2) is 27.8 Å². The molecule has 0 aliphatic carbocycles. The zero-order chi connectivity index (χ0) is 49.2. The molecule has 0 bridgehead atoms. The molecule has 0 unspecified atom stereocenters. The van der Waals surface area contributed by atoms with Gasteiger partial charge in [0.05, 0.1) is 16.9 Å². The van der Waals surface area contributed by atoms with E-state index >= 15 is 0 Å². The Morgan fingerprint density at radius 3 is 2.12 bits per heavy atom. The monoisotopic (exact) mass is 1130 g/mol. The molecule has 0 spiro atoms. The molecule has 1 radical (unpaired) electrons. The molecule has 0 aliphatic heterocycles. The van der Waals surface area contributed by atoms with Crippen LogP contribution in [0.15, 0.2) is 140 Å². The van der Waals surface area contributed by atoms with E-state index in [0.717, 1.165) is 64.8 Å². The summed E-state index contributed by atoms with van der Waals surface area (Å²) in [6.45, 7) is 10.8. The zero-order valence-corrected chi connectivity index (χ0v) is 44.2. The van der Waals surface area contributed by atoms with E-state index in [1.165, 1.54) is 43.8 Å². The molecule has 66 heavy (non-hydrogen) atoms. The van der Waals surface area contributed by atoms with Crippen molar-refractivity contribution in [2.75, 3.05) is 0 Å². The second-order valence-corrected chi connectivity index (χ2v) is 30.4. The Hall–Kier alpha value is -5.24. The summed E-state index contributed by atoms with van der Waals surface area (Å²) in [7, 11) is 0. The van der Waals surface area contributed by atoms with Gasteiger partial charge in [-0.1, -0.05) is 105 Å². The van der Waals surface area contributed by atoms with Gasteiger partial charge in [-0.05, 0) is 79.9 Å². The fourth-order valence-electron chi connectivity index (χ4n) is 8.92. The minimum atomic E-state index is -2.14. The Morgan fingerprint density at radius 2 is 1.45 bits per heavy atom. The molecule has 10 aromatic rings. The number of halogens is 1. The number of rotatable bonds is 8. The quantitative estimate of drug-likeness (QED) is 0.112. The van der Waals surface area contributed by atoms with Crippen molar-refractivity contribution in [3.63, 3.8) is 0 Å². The Labute approximate surface area is 415 Å². The second-order valence-electron chi connectivity index (χ2n) is 18.8. The predicted molar refractivity (Wildman–Crippen MR) is 280 cm³/mol. The third kappa shape index (κ3) is 9.10. The van der Waals surface area contributed by atoms with Gasteiger partial charge in [-0.3, -0.25) is 4.98 Å². The molecule has 10 rings (SSSR count). The van der Waals surface area contributed by atoms with Gasteiger partial charge in [0.25, 0.3) is 0 Å². The number of thiophene rings is 1. The van der Waals surface area contributed by atoms with Crippen molar-refractivity contribution in [3.8, 4) is 39.5 Å². The molecule has 0 saturated heterocycles. The van der Waals surface area contributed by atoms with Crippen molar-refractivity contribution in [1.29, 1.82) is 0 Å². The van der Waals surface area contributed by atoms with Crippen LogP contribution in [0.3, 0.4) is 0 Å². The fourth-order valence-corrected chi connectivity index (χ4v) is 13.5. The average molecular weight is 1130 g/mol. The molecule has 0 amide bonds.